The second-order valence-corrected chi connectivity index (χ2v) is 2.93. The molecule has 0 aliphatic heterocycles. The third-order valence-corrected chi connectivity index (χ3v) is 2.19. The summed E-state index contributed by atoms with van der Waals surface area (Å²) in [6.45, 7) is 1.93. The summed E-state index contributed by atoms with van der Waals surface area (Å²) in [4.78, 5) is 0.951. The van der Waals surface area contributed by atoms with E-state index in [1.807, 2.05) is 19.1 Å². The van der Waals surface area contributed by atoms with Crippen LogP contribution in [0.3, 0.4) is 0 Å². The van der Waals surface area contributed by atoms with Gasteiger partial charge in [-0.15, -0.1) is 11.3 Å². The van der Waals surface area contributed by atoms with E-state index in [0.717, 1.165) is 4.88 Å². The topological polar surface area (TPSA) is 29.5 Å². The summed E-state index contributed by atoms with van der Waals surface area (Å²) in [6, 6.07) is 0. The average Bonchev–Trinajstić information content (AvgIpc) is 2.33. The van der Waals surface area contributed by atoms with Crippen LogP contribution in [0.5, 0.6) is 11.5 Å². The zero-order chi connectivity index (χ0) is 8.27. The highest BCUT2D eigenvalue weighted by Crippen LogP contribution is 2.36. The number of thiophene rings is 1. The first kappa shape index (κ1) is 8.14. The lowest BCUT2D eigenvalue weighted by Crippen LogP contribution is -1.80. The Morgan fingerprint density at radius 1 is 1.64 bits per heavy atom. The first-order chi connectivity index (χ1) is 5.29. The first-order valence-electron chi connectivity index (χ1n) is 3.26. The molecular weight excluding hydrogens is 160 g/mol. The molecule has 0 aliphatic rings. The Balaban J connectivity index is 3.05. The molecule has 0 saturated carbocycles. The van der Waals surface area contributed by atoms with Crippen molar-refractivity contribution in [2.75, 3.05) is 7.11 Å². The zero-order valence-electron chi connectivity index (χ0n) is 6.50. The Morgan fingerprint density at radius 2 is 2.36 bits per heavy atom. The Bertz CT molecular complexity index is 263. The normalized spacial score (nSPS) is 10.7. The molecule has 3 heteroatoms. The molecule has 11 heavy (non-hydrogen) atoms. The summed E-state index contributed by atoms with van der Waals surface area (Å²) >= 11 is 1.46. The van der Waals surface area contributed by atoms with E-state index in [1.165, 1.54) is 11.3 Å². The van der Waals surface area contributed by atoms with Gasteiger partial charge in [-0.2, -0.15) is 0 Å². The molecule has 0 amide bonds. The van der Waals surface area contributed by atoms with Gasteiger partial charge in [-0.25, -0.2) is 0 Å². The fraction of sp³-hybridized carbons (Fsp3) is 0.250. The smallest absolute Gasteiger partial charge is 0.178 e. The number of aromatic hydroxyl groups is 1. The predicted octanol–water partition coefficient (Wildman–Crippen LogP) is 2.50. The number of rotatable bonds is 2. The predicted molar refractivity (Wildman–Crippen MR) is 47.2 cm³/mol. The van der Waals surface area contributed by atoms with Crippen molar-refractivity contribution in [1.29, 1.82) is 0 Å². The van der Waals surface area contributed by atoms with Gasteiger partial charge in [-0.3, -0.25) is 0 Å². The Labute approximate surface area is 69.7 Å². The molecule has 0 aromatic carbocycles. The van der Waals surface area contributed by atoms with Crippen LogP contribution in [0.1, 0.15) is 11.8 Å². The molecular formula is C8H10O2S. The van der Waals surface area contributed by atoms with Gasteiger partial charge in [-0.05, 0) is 13.0 Å². The number of ether oxygens (including phenoxy) is 1. The number of hydrogen-bond donors (Lipinski definition) is 1. The van der Waals surface area contributed by atoms with Crippen LogP contribution < -0.4 is 4.74 Å². The maximum absolute atomic E-state index is 9.21. The van der Waals surface area contributed by atoms with Gasteiger partial charge in [0.15, 0.2) is 11.5 Å². The summed E-state index contributed by atoms with van der Waals surface area (Å²) in [5.74, 6) is 0.777. The third kappa shape index (κ3) is 1.54. The molecule has 1 N–H and O–H groups in total. The van der Waals surface area contributed by atoms with Gasteiger partial charge in [0.25, 0.3) is 0 Å². The van der Waals surface area contributed by atoms with Crippen molar-refractivity contribution in [1.82, 2.24) is 0 Å². The molecule has 2 nitrogen and oxygen atoms in total. The van der Waals surface area contributed by atoms with Crippen LogP contribution in [0.4, 0.5) is 0 Å². The van der Waals surface area contributed by atoms with E-state index in [1.54, 1.807) is 12.5 Å². The maximum Gasteiger partial charge on any atom is 0.178 e. The fourth-order valence-corrected chi connectivity index (χ4v) is 1.68. The quantitative estimate of drug-likeness (QED) is 0.739. The van der Waals surface area contributed by atoms with Crippen molar-refractivity contribution in [3.63, 3.8) is 0 Å². The summed E-state index contributed by atoms with van der Waals surface area (Å²) in [5.41, 5.74) is 0. The summed E-state index contributed by atoms with van der Waals surface area (Å²) in [5, 5.41) is 10.9. The standard InChI is InChI=1S/C8H10O2S/c1-3-4-7-8(10-2)6(9)5-11-7/h3-5,9H,1-2H3/b4-3+. The van der Waals surface area contributed by atoms with Crippen molar-refractivity contribution in [3.05, 3.63) is 16.3 Å². The van der Waals surface area contributed by atoms with Crippen molar-refractivity contribution in [3.8, 4) is 11.5 Å². The van der Waals surface area contributed by atoms with E-state index in [4.69, 9.17) is 4.74 Å². The monoisotopic (exact) mass is 170 g/mol. The van der Waals surface area contributed by atoms with E-state index in [9.17, 15) is 5.11 Å². The molecule has 0 saturated heterocycles. The van der Waals surface area contributed by atoms with Gasteiger partial charge in [0, 0.05) is 5.38 Å². The highest BCUT2D eigenvalue weighted by molar-refractivity contribution is 7.11. The molecule has 1 aromatic rings. The Morgan fingerprint density at radius 3 is 2.91 bits per heavy atom. The lowest BCUT2D eigenvalue weighted by molar-refractivity contribution is 0.376. The van der Waals surface area contributed by atoms with Crippen LogP contribution >= 0.6 is 11.3 Å². The number of methoxy groups -OCH3 is 1. The van der Waals surface area contributed by atoms with Gasteiger partial charge in [0.05, 0.1) is 12.0 Å². The second kappa shape index (κ2) is 3.44. The molecule has 0 atom stereocenters. The molecule has 0 radical (unpaired) electrons. The maximum atomic E-state index is 9.21. The van der Waals surface area contributed by atoms with Crippen molar-refractivity contribution >= 4 is 17.4 Å². The van der Waals surface area contributed by atoms with Crippen molar-refractivity contribution in [2.45, 2.75) is 6.92 Å². The van der Waals surface area contributed by atoms with Gasteiger partial charge in [-0.1, -0.05) is 6.08 Å². The molecule has 1 rings (SSSR count). The molecule has 0 unspecified atom stereocenters. The Kier molecular flexibility index (Phi) is 2.54. The number of allylic oxidation sites excluding steroid dienone is 1. The van der Waals surface area contributed by atoms with E-state index in [0.29, 0.717) is 5.75 Å². The SMILES string of the molecule is C/C=C/c1scc(O)c1OC. The number of hydrogen-bond acceptors (Lipinski definition) is 3. The van der Waals surface area contributed by atoms with Gasteiger partial charge < -0.3 is 9.84 Å². The Hall–Kier alpha value is -0.960. The van der Waals surface area contributed by atoms with E-state index >= 15 is 0 Å². The lowest BCUT2D eigenvalue weighted by atomic mass is 10.4. The minimum Gasteiger partial charge on any atom is -0.504 e. The highest BCUT2D eigenvalue weighted by Gasteiger charge is 2.07. The third-order valence-electron chi connectivity index (χ3n) is 1.28. The molecule has 1 heterocycles. The summed E-state index contributed by atoms with van der Waals surface area (Å²) in [7, 11) is 1.55. The van der Waals surface area contributed by atoms with Gasteiger partial charge >= 0.3 is 0 Å². The van der Waals surface area contributed by atoms with Crippen LogP contribution in [-0.2, 0) is 0 Å². The van der Waals surface area contributed by atoms with Crippen molar-refractivity contribution in [2.24, 2.45) is 0 Å². The first-order valence-corrected chi connectivity index (χ1v) is 4.14. The molecule has 1 aromatic heterocycles. The van der Waals surface area contributed by atoms with Gasteiger partial charge in [0.1, 0.15) is 0 Å². The average molecular weight is 170 g/mol. The fourth-order valence-electron chi connectivity index (χ4n) is 0.824. The minimum atomic E-state index is 0.214. The lowest BCUT2D eigenvalue weighted by Gasteiger charge is -1.97. The molecule has 0 bridgehead atoms. The van der Waals surface area contributed by atoms with Gasteiger partial charge in [0.2, 0.25) is 0 Å². The van der Waals surface area contributed by atoms with Crippen LogP contribution in [0, 0.1) is 0 Å². The summed E-state index contributed by atoms with van der Waals surface area (Å²) in [6.07, 6.45) is 3.82. The van der Waals surface area contributed by atoms with E-state index in [2.05, 4.69) is 0 Å². The van der Waals surface area contributed by atoms with Crippen LogP contribution in [0.2, 0.25) is 0 Å². The van der Waals surface area contributed by atoms with Crippen molar-refractivity contribution < 1.29 is 9.84 Å². The molecule has 0 fully saturated rings. The molecule has 60 valence electrons. The van der Waals surface area contributed by atoms with Crippen LogP contribution in [-0.4, -0.2) is 12.2 Å². The van der Waals surface area contributed by atoms with E-state index < -0.39 is 0 Å². The highest BCUT2D eigenvalue weighted by atomic mass is 32.1. The summed E-state index contributed by atoms with van der Waals surface area (Å²) < 4.78 is 4.98. The largest absolute Gasteiger partial charge is 0.504 e. The second-order valence-electron chi connectivity index (χ2n) is 2.02. The van der Waals surface area contributed by atoms with E-state index in [-0.39, 0.29) is 5.75 Å². The zero-order valence-corrected chi connectivity index (χ0v) is 7.31. The van der Waals surface area contributed by atoms with Crippen LogP contribution in [0.15, 0.2) is 11.5 Å². The van der Waals surface area contributed by atoms with Crippen LogP contribution in [0.25, 0.3) is 6.08 Å². The minimum absolute atomic E-state index is 0.214. The molecule has 0 spiro atoms. The molecule has 0 aliphatic carbocycles.